The number of halogens is 1. The molecule has 2 rings (SSSR count). The van der Waals surface area contributed by atoms with Crippen molar-refractivity contribution < 1.29 is 4.57 Å². The van der Waals surface area contributed by atoms with Crippen LogP contribution in [-0.2, 0) is 7.05 Å². The van der Waals surface area contributed by atoms with Crippen molar-refractivity contribution in [3.63, 3.8) is 0 Å². The zero-order valence-electron chi connectivity index (χ0n) is 12.1. The monoisotopic (exact) mass is 289 g/mol. The molecule has 0 aliphatic carbocycles. The van der Waals surface area contributed by atoms with Crippen molar-refractivity contribution in [1.82, 2.24) is 0 Å². The standard InChI is InChI=1S/C15H18ClN4/c1-11-9-13(19(2)3)6-7-14(11)17-18-15-8-5-12(16)10-20(15)4/h5-10H,1-4H3/q+1. The molecule has 104 valence electrons. The van der Waals surface area contributed by atoms with Gasteiger partial charge in [0, 0.05) is 25.8 Å². The van der Waals surface area contributed by atoms with E-state index < -0.39 is 0 Å². The highest BCUT2D eigenvalue weighted by atomic mass is 35.5. The fourth-order valence-electron chi connectivity index (χ4n) is 1.80. The highest BCUT2D eigenvalue weighted by molar-refractivity contribution is 6.30. The van der Waals surface area contributed by atoms with Gasteiger partial charge < -0.3 is 4.90 Å². The first-order chi connectivity index (χ1) is 9.47. The number of benzene rings is 1. The van der Waals surface area contributed by atoms with Gasteiger partial charge in [-0.3, -0.25) is 0 Å². The molecule has 20 heavy (non-hydrogen) atoms. The van der Waals surface area contributed by atoms with Gasteiger partial charge in [0.05, 0.1) is 17.2 Å². The van der Waals surface area contributed by atoms with Crippen LogP contribution >= 0.6 is 11.6 Å². The Morgan fingerprint density at radius 3 is 2.45 bits per heavy atom. The first kappa shape index (κ1) is 14.5. The Kier molecular flexibility index (Phi) is 4.35. The summed E-state index contributed by atoms with van der Waals surface area (Å²) in [5.41, 5.74) is 3.11. The van der Waals surface area contributed by atoms with Gasteiger partial charge in [0.2, 0.25) is 0 Å². The van der Waals surface area contributed by atoms with Crippen LogP contribution in [0.5, 0.6) is 0 Å². The third-order valence-electron chi connectivity index (χ3n) is 3.03. The molecule has 1 aromatic carbocycles. The molecule has 0 atom stereocenters. The van der Waals surface area contributed by atoms with Crippen molar-refractivity contribution in [1.29, 1.82) is 0 Å². The summed E-state index contributed by atoms with van der Waals surface area (Å²) >= 11 is 5.91. The van der Waals surface area contributed by atoms with E-state index in [-0.39, 0.29) is 0 Å². The minimum atomic E-state index is 0.679. The van der Waals surface area contributed by atoms with E-state index in [1.165, 1.54) is 0 Å². The number of hydrogen-bond acceptors (Lipinski definition) is 3. The number of hydrogen-bond donors (Lipinski definition) is 0. The van der Waals surface area contributed by atoms with E-state index in [9.17, 15) is 0 Å². The average Bonchev–Trinajstić information content (AvgIpc) is 2.38. The summed E-state index contributed by atoms with van der Waals surface area (Å²) in [6, 6.07) is 9.75. The third kappa shape index (κ3) is 3.33. The van der Waals surface area contributed by atoms with Crippen LogP contribution in [0.1, 0.15) is 5.56 Å². The van der Waals surface area contributed by atoms with E-state index in [4.69, 9.17) is 11.6 Å². The molecule has 5 heteroatoms. The Hall–Kier alpha value is -1.94. The second-order valence-corrected chi connectivity index (χ2v) is 5.32. The Morgan fingerprint density at radius 2 is 1.85 bits per heavy atom. The van der Waals surface area contributed by atoms with Crippen LogP contribution in [0.2, 0.25) is 5.02 Å². The molecule has 1 aromatic heterocycles. The summed E-state index contributed by atoms with van der Waals surface area (Å²) in [5, 5.41) is 9.26. The van der Waals surface area contributed by atoms with E-state index in [1.807, 2.05) is 50.8 Å². The van der Waals surface area contributed by atoms with Crippen molar-refractivity contribution in [3.8, 4) is 0 Å². The smallest absolute Gasteiger partial charge is 0.350 e. The fraction of sp³-hybridized carbons (Fsp3) is 0.267. The van der Waals surface area contributed by atoms with Crippen LogP contribution in [0.15, 0.2) is 46.8 Å². The third-order valence-corrected chi connectivity index (χ3v) is 3.25. The summed E-state index contributed by atoms with van der Waals surface area (Å²) in [7, 11) is 5.93. The molecule has 0 aliphatic rings. The Labute approximate surface area is 124 Å². The average molecular weight is 290 g/mol. The van der Waals surface area contributed by atoms with Gasteiger partial charge in [-0.25, -0.2) is 4.57 Å². The Balaban J connectivity index is 2.27. The normalized spacial score (nSPS) is 11.1. The molecular formula is C15H18ClN4+. The second kappa shape index (κ2) is 6.01. The lowest BCUT2D eigenvalue weighted by molar-refractivity contribution is -0.658. The van der Waals surface area contributed by atoms with Gasteiger partial charge in [0.1, 0.15) is 11.9 Å². The predicted molar refractivity (Wildman–Crippen MR) is 82.3 cm³/mol. The Bertz CT molecular complexity index is 650. The van der Waals surface area contributed by atoms with Crippen molar-refractivity contribution in [2.24, 2.45) is 17.3 Å². The first-order valence-corrected chi connectivity index (χ1v) is 6.70. The quantitative estimate of drug-likeness (QED) is 0.622. The predicted octanol–water partition coefficient (Wildman–Crippen LogP) is 3.95. The molecule has 0 saturated carbocycles. The first-order valence-electron chi connectivity index (χ1n) is 6.32. The molecule has 0 unspecified atom stereocenters. The number of anilines is 1. The minimum Gasteiger partial charge on any atom is -0.378 e. The number of aromatic nitrogens is 1. The largest absolute Gasteiger partial charge is 0.378 e. The van der Waals surface area contributed by atoms with Gasteiger partial charge in [0.15, 0.2) is 0 Å². The second-order valence-electron chi connectivity index (χ2n) is 4.88. The summed E-state index contributed by atoms with van der Waals surface area (Å²) in [6.45, 7) is 2.03. The maximum Gasteiger partial charge on any atom is 0.350 e. The Morgan fingerprint density at radius 1 is 1.10 bits per heavy atom. The topological polar surface area (TPSA) is 31.8 Å². The molecule has 0 radical (unpaired) electrons. The molecule has 0 aliphatic heterocycles. The molecule has 4 nitrogen and oxygen atoms in total. The SMILES string of the molecule is Cc1cc(N(C)C)ccc1/N=N/c1ccc(Cl)c[n+]1C. The minimum absolute atomic E-state index is 0.679. The number of rotatable bonds is 3. The number of aryl methyl sites for hydroxylation is 2. The van der Waals surface area contributed by atoms with Crippen LogP contribution in [0, 0.1) is 6.92 Å². The van der Waals surface area contributed by atoms with Gasteiger partial charge in [-0.15, -0.1) is 0 Å². The van der Waals surface area contributed by atoms with Crippen molar-refractivity contribution in [2.75, 3.05) is 19.0 Å². The number of nitrogens with zero attached hydrogens (tertiary/aromatic N) is 4. The number of pyridine rings is 1. The maximum absolute atomic E-state index is 5.91. The lowest BCUT2D eigenvalue weighted by Gasteiger charge is -2.12. The molecule has 1 heterocycles. The van der Waals surface area contributed by atoms with Crippen LogP contribution in [0.25, 0.3) is 0 Å². The van der Waals surface area contributed by atoms with E-state index in [1.54, 1.807) is 12.3 Å². The molecule has 0 fully saturated rings. The van der Waals surface area contributed by atoms with Crippen LogP contribution in [0.3, 0.4) is 0 Å². The highest BCUT2D eigenvalue weighted by Gasteiger charge is 2.08. The van der Waals surface area contributed by atoms with Crippen molar-refractivity contribution in [3.05, 3.63) is 47.1 Å². The van der Waals surface area contributed by atoms with Gasteiger partial charge in [-0.1, -0.05) is 11.6 Å². The molecule has 0 bridgehead atoms. The maximum atomic E-state index is 5.91. The van der Waals surface area contributed by atoms with Crippen LogP contribution in [0.4, 0.5) is 17.2 Å². The van der Waals surface area contributed by atoms with E-state index >= 15 is 0 Å². The summed E-state index contributed by atoms with van der Waals surface area (Å²) in [6.07, 6.45) is 1.80. The summed E-state index contributed by atoms with van der Waals surface area (Å²) < 4.78 is 1.84. The molecule has 0 amide bonds. The number of azo groups is 1. The summed E-state index contributed by atoms with van der Waals surface area (Å²) in [5.74, 6) is 0.755. The molecular weight excluding hydrogens is 272 g/mol. The van der Waals surface area contributed by atoms with Crippen LogP contribution < -0.4 is 9.47 Å². The molecule has 0 saturated heterocycles. The lowest BCUT2D eigenvalue weighted by Crippen LogP contribution is -2.27. The molecule has 0 spiro atoms. The van der Waals surface area contributed by atoms with Gasteiger partial charge in [-0.05, 0) is 41.9 Å². The molecule has 0 N–H and O–H groups in total. The van der Waals surface area contributed by atoms with Gasteiger partial charge in [0.25, 0.3) is 0 Å². The lowest BCUT2D eigenvalue weighted by atomic mass is 10.2. The van der Waals surface area contributed by atoms with Gasteiger partial charge >= 0.3 is 5.82 Å². The highest BCUT2D eigenvalue weighted by Crippen LogP contribution is 2.25. The van der Waals surface area contributed by atoms with Crippen LogP contribution in [-0.4, -0.2) is 14.1 Å². The van der Waals surface area contributed by atoms with Crippen molar-refractivity contribution in [2.45, 2.75) is 6.92 Å². The van der Waals surface area contributed by atoms with Gasteiger partial charge in [-0.2, -0.15) is 0 Å². The van der Waals surface area contributed by atoms with E-state index in [2.05, 4.69) is 21.2 Å². The summed E-state index contributed by atoms with van der Waals surface area (Å²) in [4.78, 5) is 2.06. The van der Waals surface area contributed by atoms with Crippen molar-refractivity contribution >= 4 is 28.8 Å². The van der Waals surface area contributed by atoms with E-state index in [0.29, 0.717) is 5.02 Å². The molecule has 2 aromatic rings. The fourth-order valence-corrected chi connectivity index (χ4v) is 2.01. The zero-order valence-corrected chi connectivity index (χ0v) is 12.9. The zero-order chi connectivity index (χ0) is 14.7. The van der Waals surface area contributed by atoms with E-state index in [0.717, 1.165) is 22.8 Å².